The van der Waals surface area contributed by atoms with Gasteiger partial charge in [0.1, 0.15) is 5.56 Å². The number of benzene rings is 1. The number of carbonyl (C=O) groups is 2. The summed E-state index contributed by atoms with van der Waals surface area (Å²) in [6.07, 6.45) is 0. The Morgan fingerprint density at radius 1 is 1.32 bits per heavy atom. The number of aromatic carboxylic acids is 1. The number of carboxylic acid groups (broad SMARTS) is 2. The third kappa shape index (κ3) is 7.16. The van der Waals surface area contributed by atoms with E-state index in [1.165, 1.54) is 25.1 Å². The van der Waals surface area contributed by atoms with Gasteiger partial charge in [-0.1, -0.05) is 18.7 Å². The number of aliphatic carboxylic acids is 1. The Morgan fingerprint density at radius 3 is 2.00 bits per heavy atom. The van der Waals surface area contributed by atoms with Crippen LogP contribution in [0.25, 0.3) is 0 Å². The van der Waals surface area contributed by atoms with Gasteiger partial charge in [0, 0.05) is 11.6 Å². The fourth-order valence-corrected chi connectivity index (χ4v) is 0.814. The van der Waals surface area contributed by atoms with E-state index in [0.717, 1.165) is 6.07 Å². The zero-order chi connectivity index (χ0) is 14.3. The minimum atomic E-state index is -1.29. The van der Waals surface area contributed by atoms with Crippen molar-refractivity contribution >= 4 is 40.7 Å². The summed E-state index contributed by atoms with van der Waals surface area (Å²) in [5.74, 6) is -2.22. The molecule has 19 heavy (non-hydrogen) atoms. The predicted octanol–water partition coefficient (Wildman–Crippen LogP) is 1.78. The summed E-state index contributed by atoms with van der Waals surface area (Å²) in [6, 6.07) is 5.21. The van der Waals surface area contributed by atoms with Gasteiger partial charge in [-0.25, -0.2) is 9.59 Å². The van der Waals surface area contributed by atoms with Crippen LogP contribution in [0.15, 0.2) is 36.4 Å². The standard InChI is InChI=1S/C7H5NO4.C4H6O2.Mg.2H/c9-7(10)5-3-1-2-4-6(5)8(11)12;1-3(2)4(5)6;;;/h1-4H,(H,9,10);1H2,2H3,(H,5,6);;;/q;;+2;2*-1. The van der Waals surface area contributed by atoms with E-state index in [2.05, 4.69) is 6.58 Å². The van der Waals surface area contributed by atoms with Crippen molar-refractivity contribution in [3.05, 3.63) is 52.1 Å². The number of rotatable bonds is 3. The molecular weight excluding hydrogens is 266 g/mol. The van der Waals surface area contributed by atoms with Gasteiger partial charge in [-0.3, -0.25) is 10.1 Å². The SMILES string of the molecule is C=C(C)C(=O)O.O=C(O)c1ccccc1[N+](=O)[O-].[H-].[H-].[Mg+2]. The van der Waals surface area contributed by atoms with Crippen LogP contribution in [0.2, 0.25) is 0 Å². The molecule has 1 aromatic rings. The molecule has 0 aliphatic rings. The monoisotopic (exact) mass is 279 g/mol. The molecule has 2 N–H and O–H groups in total. The van der Waals surface area contributed by atoms with Crippen molar-refractivity contribution in [3.8, 4) is 0 Å². The molecule has 1 rings (SSSR count). The molecule has 0 aliphatic heterocycles. The molecule has 0 heterocycles. The first-order chi connectivity index (χ1) is 8.27. The van der Waals surface area contributed by atoms with Gasteiger partial charge in [-0.15, -0.1) is 0 Å². The van der Waals surface area contributed by atoms with Crippen LogP contribution in [-0.4, -0.2) is 50.1 Å². The van der Waals surface area contributed by atoms with Gasteiger partial charge in [0.25, 0.3) is 5.69 Å². The normalized spacial score (nSPS) is 8.26. The molecule has 0 amide bonds. The Labute approximate surface area is 127 Å². The summed E-state index contributed by atoms with van der Waals surface area (Å²) < 4.78 is 0. The van der Waals surface area contributed by atoms with E-state index in [4.69, 9.17) is 10.2 Å². The number of hydrogen-bond acceptors (Lipinski definition) is 4. The molecule has 0 radical (unpaired) electrons. The van der Waals surface area contributed by atoms with Crippen molar-refractivity contribution in [2.24, 2.45) is 0 Å². The van der Waals surface area contributed by atoms with Crippen LogP contribution in [0.4, 0.5) is 5.69 Å². The quantitative estimate of drug-likeness (QED) is 0.377. The minimum Gasteiger partial charge on any atom is -1.00 e. The van der Waals surface area contributed by atoms with Gasteiger partial charge in [0.2, 0.25) is 0 Å². The van der Waals surface area contributed by atoms with Crippen molar-refractivity contribution in [2.75, 3.05) is 0 Å². The zero-order valence-electron chi connectivity index (χ0n) is 12.2. The molecule has 0 unspecified atom stereocenters. The number of nitrogens with zero attached hydrogens (tertiary/aromatic N) is 1. The van der Waals surface area contributed by atoms with E-state index in [9.17, 15) is 19.7 Å². The summed E-state index contributed by atoms with van der Waals surface area (Å²) in [5.41, 5.74) is -0.498. The molecule has 100 valence electrons. The molecule has 0 aliphatic carbocycles. The van der Waals surface area contributed by atoms with Crippen LogP contribution in [0, 0.1) is 10.1 Å². The molecular formula is C11H13MgNO6. The maximum absolute atomic E-state index is 10.4. The number of nitro benzene ring substituents is 1. The molecule has 8 heteroatoms. The number of nitro groups is 1. The average Bonchev–Trinajstić information content (AvgIpc) is 2.29. The number of para-hydroxylation sites is 1. The van der Waals surface area contributed by atoms with Crippen molar-refractivity contribution in [3.63, 3.8) is 0 Å². The smallest absolute Gasteiger partial charge is 1.00 e. The van der Waals surface area contributed by atoms with E-state index < -0.39 is 16.9 Å². The molecule has 0 fully saturated rings. The molecule has 1 aromatic carbocycles. The molecule has 0 atom stereocenters. The first-order valence-electron chi connectivity index (χ1n) is 4.63. The molecule has 0 bridgehead atoms. The third-order valence-corrected chi connectivity index (χ3v) is 1.70. The van der Waals surface area contributed by atoms with E-state index in [1.54, 1.807) is 0 Å². The van der Waals surface area contributed by atoms with Gasteiger partial charge in [0.15, 0.2) is 0 Å². The maximum Gasteiger partial charge on any atom is 2.00 e. The van der Waals surface area contributed by atoms with Crippen molar-refractivity contribution in [2.45, 2.75) is 6.92 Å². The topological polar surface area (TPSA) is 118 Å². The van der Waals surface area contributed by atoms with Crippen molar-refractivity contribution < 1.29 is 27.6 Å². The van der Waals surface area contributed by atoms with Crippen LogP contribution < -0.4 is 0 Å². The van der Waals surface area contributed by atoms with Crippen LogP contribution >= 0.6 is 0 Å². The third-order valence-electron chi connectivity index (χ3n) is 1.70. The number of hydrogen-bond donors (Lipinski definition) is 2. The second-order valence-corrected chi connectivity index (χ2v) is 3.16. The Kier molecular flexibility index (Phi) is 9.25. The van der Waals surface area contributed by atoms with Crippen LogP contribution in [0.5, 0.6) is 0 Å². The van der Waals surface area contributed by atoms with Gasteiger partial charge in [0.05, 0.1) is 4.92 Å². The summed E-state index contributed by atoms with van der Waals surface area (Å²) in [5, 5.41) is 26.7. The summed E-state index contributed by atoms with van der Waals surface area (Å²) in [7, 11) is 0. The van der Waals surface area contributed by atoms with E-state index in [0.29, 0.717) is 0 Å². The van der Waals surface area contributed by atoms with E-state index >= 15 is 0 Å². The van der Waals surface area contributed by atoms with Crippen LogP contribution in [-0.2, 0) is 4.79 Å². The average molecular weight is 280 g/mol. The van der Waals surface area contributed by atoms with Crippen LogP contribution in [0.1, 0.15) is 20.1 Å². The van der Waals surface area contributed by atoms with E-state index in [-0.39, 0.29) is 42.7 Å². The second-order valence-electron chi connectivity index (χ2n) is 3.16. The largest absolute Gasteiger partial charge is 2.00 e. The Morgan fingerprint density at radius 2 is 1.74 bits per heavy atom. The van der Waals surface area contributed by atoms with Crippen molar-refractivity contribution in [1.29, 1.82) is 0 Å². The van der Waals surface area contributed by atoms with Gasteiger partial charge >= 0.3 is 35.0 Å². The molecule has 7 nitrogen and oxygen atoms in total. The predicted molar refractivity (Wildman–Crippen MR) is 70.5 cm³/mol. The van der Waals surface area contributed by atoms with Gasteiger partial charge < -0.3 is 13.1 Å². The first kappa shape index (κ1) is 19.4. The Hall–Kier alpha value is -1.93. The zero-order valence-corrected chi connectivity index (χ0v) is 11.6. The minimum absolute atomic E-state index is 0. The fraction of sp³-hybridized carbons (Fsp3) is 0.0909. The summed E-state index contributed by atoms with van der Waals surface area (Å²) in [4.78, 5) is 29.6. The summed E-state index contributed by atoms with van der Waals surface area (Å²) in [6.45, 7) is 4.60. The molecule has 0 saturated heterocycles. The Bertz CT molecular complexity index is 464. The van der Waals surface area contributed by atoms with E-state index in [1.807, 2.05) is 0 Å². The van der Waals surface area contributed by atoms with Crippen LogP contribution in [0.3, 0.4) is 0 Å². The molecule has 0 aromatic heterocycles. The van der Waals surface area contributed by atoms with Crippen molar-refractivity contribution in [1.82, 2.24) is 0 Å². The van der Waals surface area contributed by atoms with Gasteiger partial charge in [-0.05, 0) is 13.0 Å². The summed E-state index contributed by atoms with van der Waals surface area (Å²) >= 11 is 0. The molecule has 0 saturated carbocycles. The van der Waals surface area contributed by atoms with Gasteiger partial charge in [-0.2, -0.15) is 0 Å². The number of carboxylic acids is 2. The second kappa shape index (κ2) is 9.06. The Balaban J connectivity index is -0.000000142. The maximum atomic E-state index is 10.4. The first-order valence-corrected chi connectivity index (χ1v) is 4.63. The fourth-order valence-electron chi connectivity index (χ4n) is 0.814. The molecule has 0 spiro atoms.